The lowest BCUT2D eigenvalue weighted by molar-refractivity contribution is -0.141. The van der Waals surface area contributed by atoms with Crippen LogP contribution in [0.1, 0.15) is 89.9 Å². The fraction of sp³-hybridized carbons (Fsp3) is 0.643. The molecule has 0 saturated heterocycles. The van der Waals surface area contributed by atoms with Gasteiger partial charge in [0, 0.05) is 50.2 Å². The molecule has 0 atom stereocenters. The zero-order valence-corrected chi connectivity index (χ0v) is 22.6. The first-order chi connectivity index (χ1) is 18.3. The van der Waals surface area contributed by atoms with Crippen LogP contribution in [-0.4, -0.2) is 72.5 Å². The molecule has 0 aromatic rings. The van der Waals surface area contributed by atoms with Crippen LogP contribution in [0.3, 0.4) is 0 Å². The highest BCUT2D eigenvalue weighted by atomic mass is 16.5. The Bertz CT molecular complexity index is 926. The average Bonchev–Trinajstić information content (AvgIpc) is 2.91. The van der Waals surface area contributed by atoms with Gasteiger partial charge in [-0.15, -0.1) is 0 Å². The molecule has 2 fully saturated rings. The number of esters is 2. The number of Topliss-reactive ketones (excluding diaryl/α,β-unsaturated/α-hetero) is 2. The Kier molecular flexibility index (Phi) is 13.4. The third kappa shape index (κ3) is 9.87. The van der Waals surface area contributed by atoms with Gasteiger partial charge in [0.05, 0.1) is 38.2 Å². The molecule has 0 bridgehead atoms. The topological polar surface area (TPSA) is 152 Å². The highest BCUT2D eigenvalue weighted by molar-refractivity contribution is 6.24. The second-order valence-electron chi connectivity index (χ2n) is 9.42. The van der Waals surface area contributed by atoms with E-state index in [1.165, 1.54) is 14.2 Å². The summed E-state index contributed by atoms with van der Waals surface area (Å²) in [7, 11) is 2.56. The highest BCUT2D eigenvalue weighted by Crippen LogP contribution is 2.24. The van der Waals surface area contributed by atoms with Crippen LogP contribution in [-0.2, 0) is 28.7 Å². The second kappa shape index (κ2) is 16.5. The van der Waals surface area contributed by atoms with Crippen molar-refractivity contribution in [1.82, 2.24) is 0 Å². The van der Waals surface area contributed by atoms with Gasteiger partial charge in [-0.3, -0.25) is 29.2 Å². The van der Waals surface area contributed by atoms with Gasteiger partial charge in [-0.2, -0.15) is 0 Å². The number of aliphatic imine (C=N–C) groups is 2. The van der Waals surface area contributed by atoms with Crippen molar-refractivity contribution >= 4 is 34.9 Å². The Morgan fingerprint density at radius 2 is 1.05 bits per heavy atom. The van der Waals surface area contributed by atoms with E-state index in [0.717, 1.165) is 25.7 Å². The average molecular weight is 533 g/mol. The number of allylic oxidation sites excluding steroid dienone is 4. The number of hydrogen-bond donors (Lipinski definition) is 2. The quantitative estimate of drug-likeness (QED) is 0.153. The first kappa shape index (κ1) is 30.9. The molecule has 0 aromatic heterocycles. The predicted molar refractivity (Wildman–Crippen MR) is 143 cm³/mol. The van der Waals surface area contributed by atoms with Gasteiger partial charge in [0.1, 0.15) is 11.5 Å². The Hall–Kier alpha value is -3.30. The molecule has 2 aliphatic rings. The lowest BCUT2D eigenvalue weighted by atomic mass is 9.89. The summed E-state index contributed by atoms with van der Waals surface area (Å²) in [4.78, 5) is 56.6. The van der Waals surface area contributed by atoms with E-state index in [4.69, 9.17) is 0 Å². The molecule has 210 valence electrons. The summed E-state index contributed by atoms with van der Waals surface area (Å²) >= 11 is 0. The SMILES string of the molecule is COC(=O)CCC(O)=C1C(=O)CCCC1=NCCCCCCN=C1CCCC(=O)C1=C(O)CCC(=O)OC. The van der Waals surface area contributed by atoms with E-state index in [1.807, 2.05) is 0 Å². The zero-order valence-electron chi connectivity index (χ0n) is 22.6. The standard InChI is InChI=1S/C28H40N2O8/c1-37-25(35)15-13-23(33)27-19(9-7-11-21(27)31)29-17-5-3-4-6-18-30-20-10-8-12-22(32)28(20)24(34)14-16-26(36)38-2/h33-34H,3-18H2,1-2H3. The number of rotatable bonds is 13. The van der Waals surface area contributed by atoms with Crippen LogP contribution >= 0.6 is 0 Å². The number of nitrogens with zero attached hydrogens (tertiary/aromatic N) is 2. The summed E-state index contributed by atoms with van der Waals surface area (Å²) in [6.07, 6.45) is 6.98. The minimum atomic E-state index is -0.443. The third-order valence-corrected chi connectivity index (χ3v) is 6.61. The van der Waals surface area contributed by atoms with E-state index in [-0.39, 0.29) is 59.9 Å². The van der Waals surface area contributed by atoms with E-state index >= 15 is 0 Å². The van der Waals surface area contributed by atoms with Crippen molar-refractivity contribution in [3.63, 3.8) is 0 Å². The fourth-order valence-electron chi connectivity index (χ4n) is 4.53. The van der Waals surface area contributed by atoms with Gasteiger partial charge >= 0.3 is 11.9 Å². The maximum atomic E-state index is 12.4. The number of carbonyl (C=O) groups is 4. The normalized spacial score (nSPS) is 21.0. The molecule has 0 unspecified atom stereocenters. The first-order valence-electron chi connectivity index (χ1n) is 13.4. The van der Waals surface area contributed by atoms with E-state index in [1.54, 1.807) is 0 Å². The van der Waals surface area contributed by atoms with Crippen molar-refractivity contribution in [1.29, 1.82) is 0 Å². The maximum absolute atomic E-state index is 12.4. The Labute approximate surface area is 223 Å². The lowest BCUT2D eigenvalue weighted by Gasteiger charge is -2.18. The molecular weight excluding hydrogens is 492 g/mol. The molecule has 0 heterocycles. The fourth-order valence-corrected chi connectivity index (χ4v) is 4.53. The monoisotopic (exact) mass is 532 g/mol. The summed E-state index contributed by atoms with van der Waals surface area (Å²) in [5.41, 5.74) is 1.75. The maximum Gasteiger partial charge on any atom is 0.305 e. The summed E-state index contributed by atoms with van der Waals surface area (Å²) in [5, 5.41) is 20.8. The predicted octanol–water partition coefficient (Wildman–Crippen LogP) is 4.47. The number of carbonyl (C=O) groups excluding carboxylic acids is 4. The number of hydrogen-bond acceptors (Lipinski definition) is 10. The van der Waals surface area contributed by atoms with E-state index < -0.39 is 11.9 Å². The van der Waals surface area contributed by atoms with Gasteiger partial charge in [0.2, 0.25) is 0 Å². The van der Waals surface area contributed by atoms with Gasteiger partial charge in [-0.25, -0.2) is 0 Å². The molecule has 0 aliphatic heterocycles. The molecule has 0 amide bonds. The van der Waals surface area contributed by atoms with Crippen LogP contribution in [0.15, 0.2) is 32.6 Å². The minimum Gasteiger partial charge on any atom is -0.511 e. The molecule has 0 aromatic carbocycles. The number of aliphatic hydroxyl groups excluding tert-OH is 2. The Morgan fingerprint density at radius 1 is 0.658 bits per heavy atom. The third-order valence-electron chi connectivity index (χ3n) is 6.61. The molecule has 2 aliphatic carbocycles. The van der Waals surface area contributed by atoms with Crippen molar-refractivity contribution in [3.8, 4) is 0 Å². The minimum absolute atomic E-state index is 0.00907. The van der Waals surface area contributed by atoms with Crippen molar-refractivity contribution in [3.05, 3.63) is 22.7 Å². The van der Waals surface area contributed by atoms with Crippen molar-refractivity contribution in [2.45, 2.75) is 89.9 Å². The largest absolute Gasteiger partial charge is 0.511 e. The van der Waals surface area contributed by atoms with Crippen molar-refractivity contribution < 1.29 is 38.9 Å². The van der Waals surface area contributed by atoms with Crippen LogP contribution in [0.25, 0.3) is 0 Å². The molecular formula is C28H40N2O8. The zero-order chi connectivity index (χ0) is 27.9. The molecule has 38 heavy (non-hydrogen) atoms. The van der Waals surface area contributed by atoms with Crippen LogP contribution in [0.4, 0.5) is 0 Å². The van der Waals surface area contributed by atoms with Gasteiger partial charge in [0.25, 0.3) is 0 Å². The van der Waals surface area contributed by atoms with Crippen molar-refractivity contribution in [2.75, 3.05) is 27.3 Å². The van der Waals surface area contributed by atoms with Crippen LogP contribution in [0.2, 0.25) is 0 Å². The van der Waals surface area contributed by atoms with Crippen LogP contribution in [0, 0.1) is 0 Å². The summed E-state index contributed by atoms with van der Waals surface area (Å²) in [6, 6.07) is 0. The van der Waals surface area contributed by atoms with Crippen LogP contribution in [0.5, 0.6) is 0 Å². The Balaban J connectivity index is 1.83. The molecule has 0 spiro atoms. The number of ketones is 2. The summed E-state index contributed by atoms with van der Waals surface area (Å²) in [5.74, 6) is -1.35. The van der Waals surface area contributed by atoms with Gasteiger partial charge in [0.15, 0.2) is 11.6 Å². The van der Waals surface area contributed by atoms with E-state index in [2.05, 4.69) is 19.5 Å². The second-order valence-corrected chi connectivity index (χ2v) is 9.42. The first-order valence-corrected chi connectivity index (χ1v) is 13.4. The molecule has 2 saturated carbocycles. The number of methoxy groups -OCH3 is 2. The molecule has 10 nitrogen and oxygen atoms in total. The number of ether oxygens (including phenoxy) is 2. The lowest BCUT2D eigenvalue weighted by Crippen LogP contribution is -2.22. The smallest absolute Gasteiger partial charge is 0.305 e. The van der Waals surface area contributed by atoms with E-state index in [9.17, 15) is 29.4 Å². The number of aliphatic hydroxyl groups is 2. The summed E-state index contributed by atoms with van der Waals surface area (Å²) < 4.78 is 9.20. The van der Waals surface area contributed by atoms with Gasteiger partial charge in [-0.1, -0.05) is 12.8 Å². The molecule has 2 rings (SSSR count). The van der Waals surface area contributed by atoms with E-state index in [0.29, 0.717) is 63.0 Å². The van der Waals surface area contributed by atoms with Gasteiger partial charge in [-0.05, 0) is 38.5 Å². The summed E-state index contributed by atoms with van der Waals surface area (Å²) in [6.45, 7) is 1.08. The highest BCUT2D eigenvalue weighted by Gasteiger charge is 2.26. The molecule has 10 heteroatoms. The molecule has 0 radical (unpaired) electrons. The van der Waals surface area contributed by atoms with Crippen molar-refractivity contribution in [2.24, 2.45) is 9.98 Å². The van der Waals surface area contributed by atoms with Crippen LogP contribution < -0.4 is 0 Å². The molecule has 2 N–H and O–H groups in total. The number of unbranched alkanes of at least 4 members (excludes halogenated alkanes) is 3. The van der Waals surface area contributed by atoms with Gasteiger partial charge < -0.3 is 19.7 Å². The Morgan fingerprint density at radius 3 is 1.42 bits per heavy atom.